The van der Waals surface area contributed by atoms with Gasteiger partial charge in [0.25, 0.3) is 0 Å². The van der Waals surface area contributed by atoms with E-state index in [0.717, 1.165) is 4.47 Å². The van der Waals surface area contributed by atoms with Gasteiger partial charge >= 0.3 is 0 Å². The predicted molar refractivity (Wildman–Crippen MR) is 106 cm³/mol. The highest BCUT2D eigenvalue weighted by Gasteiger charge is 2.30. The molecule has 7 nitrogen and oxygen atoms in total. The van der Waals surface area contributed by atoms with Crippen LogP contribution in [0.25, 0.3) is 0 Å². The van der Waals surface area contributed by atoms with Crippen molar-refractivity contribution in [2.24, 2.45) is 0 Å². The molecule has 1 heterocycles. The second-order valence-electron chi connectivity index (χ2n) is 6.27. The molecule has 1 aliphatic heterocycles. The van der Waals surface area contributed by atoms with E-state index in [2.05, 4.69) is 20.8 Å². The Morgan fingerprint density at radius 2 is 1.73 bits per heavy atom. The van der Waals surface area contributed by atoms with Gasteiger partial charge in [0.05, 0.1) is 10.8 Å². The molecule has 11 heteroatoms. The second kappa shape index (κ2) is 8.85. The molecule has 1 fully saturated rings. The molecule has 148 valence electrons. The average molecular weight is 489 g/mol. The molecule has 0 aromatic heterocycles. The molecular weight excluding hydrogens is 466 g/mol. The summed E-state index contributed by atoms with van der Waals surface area (Å²) in [4.78, 5) is 2.19. The first-order chi connectivity index (χ1) is 12.0. The first kappa shape index (κ1) is 22.1. The second-order valence-corrected chi connectivity index (χ2v) is 11.8. The van der Waals surface area contributed by atoms with Crippen LogP contribution in [0, 0.1) is 0 Å². The lowest BCUT2D eigenvalue weighted by molar-refractivity contribution is 0.189. The Hall–Kier alpha value is -0.230. The van der Waals surface area contributed by atoms with Gasteiger partial charge in [-0.3, -0.25) is 0 Å². The normalized spacial score (nSPS) is 17.7. The first-order valence-corrected chi connectivity index (χ1v) is 12.3. The van der Waals surface area contributed by atoms with Gasteiger partial charge in [-0.2, -0.15) is 4.31 Å². The summed E-state index contributed by atoms with van der Waals surface area (Å²) in [6.07, 6.45) is 0.520. The van der Waals surface area contributed by atoms with Gasteiger partial charge in [0.15, 0.2) is 0 Å². The van der Waals surface area contributed by atoms with E-state index in [1.54, 1.807) is 12.1 Å². The van der Waals surface area contributed by atoms with Gasteiger partial charge in [0.1, 0.15) is 4.90 Å². The number of halogens is 2. The van der Waals surface area contributed by atoms with E-state index >= 15 is 0 Å². The summed E-state index contributed by atoms with van der Waals surface area (Å²) in [7, 11) is -3.79. The van der Waals surface area contributed by atoms with E-state index in [0.29, 0.717) is 39.1 Å². The Labute approximate surface area is 169 Å². The van der Waals surface area contributed by atoms with Crippen LogP contribution in [0.2, 0.25) is 5.02 Å². The van der Waals surface area contributed by atoms with Crippen LogP contribution in [-0.2, 0) is 20.0 Å². The minimum Gasteiger partial charge on any atom is -0.301 e. The monoisotopic (exact) mass is 487 g/mol. The third-order valence-electron chi connectivity index (χ3n) is 4.28. The Bertz CT molecular complexity index is 838. The number of hydrogen-bond donors (Lipinski definition) is 0. The van der Waals surface area contributed by atoms with Gasteiger partial charge in [-0.25, -0.2) is 21.1 Å². The Kier molecular flexibility index (Phi) is 7.51. The molecule has 0 amide bonds. The van der Waals surface area contributed by atoms with Crippen molar-refractivity contribution in [1.82, 2.24) is 13.5 Å². The number of piperazine rings is 1. The summed E-state index contributed by atoms with van der Waals surface area (Å²) in [5.41, 5.74) is 0. The van der Waals surface area contributed by atoms with Crippen LogP contribution in [0.3, 0.4) is 0 Å². The van der Waals surface area contributed by atoms with E-state index in [1.165, 1.54) is 28.8 Å². The maximum atomic E-state index is 12.8. The lowest BCUT2D eigenvalue weighted by atomic mass is 10.3. The molecule has 1 saturated heterocycles. The molecule has 0 unspecified atom stereocenters. The van der Waals surface area contributed by atoms with Crippen LogP contribution in [0.5, 0.6) is 0 Å². The molecule has 0 atom stereocenters. The highest BCUT2D eigenvalue weighted by molar-refractivity contribution is 9.10. The van der Waals surface area contributed by atoms with E-state index in [-0.39, 0.29) is 15.7 Å². The van der Waals surface area contributed by atoms with Crippen molar-refractivity contribution in [2.75, 3.05) is 52.6 Å². The van der Waals surface area contributed by atoms with Crippen molar-refractivity contribution < 1.29 is 16.8 Å². The quantitative estimate of drug-likeness (QED) is 0.584. The van der Waals surface area contributed by atoms with E-state index in [9.17, 15) is 16.8 Å². The van der Waals surface area contributed by atoms with Crippen LogP contribution in [0.15, 0.2) is 27.6 Å². The SMILES string of the molecule is CN(C)S(=O)(=O)CCCN1CCN(S(=O)(=O)c2ccc(Br)cc2Cl)CC1. The zero-order chi connectivity index (χ0) is 19.5. The summed E-state index contributed by atoms with van der Waals surface area (Å²) in [5.74, 6) is 0.0903. The van der Waals surface area contributed by atoms with Crippen LogP contribution in [0.4, 0.5) is 0 Å². The van der Waals surface area contributed by atoms with Crippen molar-refractivity contribution in [1.29, 1.82) is 0 Å². The van der Waals surface area contributed by atoms with Crippen molar-refractivity contribution in [2.45, 2.75) is 11.3 Å². The van der Waals surface area contributed by atoms with Crippen molar-refractivity contribution in [3.8, 4) is 0 Å². The highest BCUT2D eigenvalue weighted by atomic mass is 79.9. The summed E-state index contributed by atoms with van der Waals surface area (Å²) >= 11 is 9.36. The molecule has 1 aliphatic rings. The van der Waals surface area contributed by atoms with Crippen molar-refractivity contribution in [3.63, 3.8) is 0 Å². The predicted octanol–water partition coefficient (Wildman–Crippen LogP) is 1.69. The largest absolute Gasteiger partial charge is 0.301 e. The molecule has 1 aromatic carbocycles. The number of sulfonamides is 2. The standard InChI is InChI=1S/C15H23BrClN3O4S2/c1-18(2)25(21,22)11-3-6-19-7-9-20(10-8-19)26(23,24)15-5-4-13(16)12-14(15)17/h4-5,12H,3,6-11H2,1-2H3. The lowest BCUT2D eigenvalue weighted by Crippen LogP contribution is -2.49. The van der Waals surface area contributed by atoms with Gasteiger partial charge in [-0.05, 0) is 31.2 Å². The van der Waals surface area contributed by atoms with Crippen molar-refractivity contribution in [3.05, 3.63) is 27.7 Å². The summed E-state index contributed by atoms with van der Waals surface area (Å²) < 4.78 is 52.5. The first-order valence-electron chi connectivity index (χ1n) is 8.12. The van der Waals surface area contributed by atoms with Crippen molar-refractivity contribution >= 4 is 47.6 Å². The number of rotatable bonds is 7. The molecule has 0 aliphatic carbocycles. The maximum Gasteiger partial charge on any atom is 0.244 e. The molecule has 26 heavy (non-hydrogen) atoms. The van der Waals surface area contributed by atoms with Gasteiger partial charge in [-0.1, -0.05) is 27.5 Å². The average Bonchev–Trinajstić information content (AvgIpc) is 2.54. The summed E-state index contributed by atoms with van der Waals surface area (Å²) in [5, 5.41) is 0.190. The molecule has 0 bridgehead atoms. The third-order valence-corrected chi connectivity index (χ3v) is 9.07. The Morgan fingerprint density at radius 1 is 1.12 bits per heavy atom. The fraction of sp³-hybridized carbons (Fsp3) is 0.600. The minimum atomic E-state index is -3.64. The number of benzene rings is 1. The Morgan fingerprint density at radius 3 is 2.27 bits per heavy atom. The topological polar surface area (TPSA) is 78.0 Å². The van der Waals surface area contributed by atoms with E-state index in [4.69, 9.17) is 11.6 Å². The van der Waals surface area contributed by atoms with E-state index < -0.39 is 20.0 Å². The maximum absolute atomic E-state index is 12.8. The lowest BCUT2D eigenvalue weighted by Gasteiger charge is -2.34. The number of nitrogens with zero attached hydrogens (tertiary/aromatic N) is 3. The Balaban J connectivity index is 1.91. The van der Waals surface area contributed by atoms with Gasteiger partial charge in [0, 0.05) is 44.7 Å². The van der Waals surface area contributed by atoms with Gasteiger partial charge in [-0.15, -0.1) is 0 Å². The molecule has 2 rings (SSSR count). The zero-order valence-corrected chi connectivity index (χ0v) is 18.7. The fourth-order valence-electron chi connectivity index (χ4n) is 2.67. The molecule has 0 radical (unpaired) electrons. The van der Waals surface area contributed by atoms with Crippen LogP contribution >= 0.6 is 27.5 Å². The van der Waals surface area contributed by atoms with Crippen LogP contribution in [-0.4, -0.2) is 82.9 Å². The minimum absolute atomic E-state index is 0.0903. The third kappa shape index (κ3) is 5.40. The smallest absolute Gasteiger partial charge is 0.244 e. The van der Waals surface area contributed by atoms with Crippen LogP contribution < -0.4 is 0 Å². The number of hydrogen-bond acceptors (Lipinski definition) is 5. The van der Waals surface area contributed by atoms with Crippen LogP contribution in [0.1, 0.15) is 6.42 Å². The molecule has 0 spiro atoms. The fourth-order valence-corrected chi connectivity index (χ4v) is 5.96. The molecule has 0 saturated carbocycles. The van der Waals surface area contributed by atoms with Gasteiger partial charge in [0.2, 0.25) is 20.0 Å². The van der Waals surface area contributed by atoms with Gasteiger partial charge < -0.3 is 4.90 Å². The van der Waals surface area contributed by atoms with E-state index in [1.807, 2.05) is 0 Å². The highest BCUT2D eigenvalue weighted by Crippen LogP contribution is 2.28. The molecular formula is C15H23BrClN3O4S2. The zero-order valence-electron chi connectivity index (χ0n) is 14.7. The summed E-state index contributed by atoms with van der Waals surface area (Å²) in [6.45, 7) is 2.47. The summed E-state index contributed by atoms with van der Waals surface area (Å²) in [6, 6.07) is 4.72. The molecule has 1 aromatic rings. The molecule has 0 N–H and O–H groups in total.